The molecule has 0 aromatic heterocycles. The molecule has 1 aromatic rings. The number of halogens is 2. The molecular formula is C11H15F2N. The van der Waals surface area contributed by atoms with Crippen LogP contribution in [0.25, 0.3) is 0 Å². The topological polar surface area (TPSA) is 12.0 Å². The summed E-state index contributed by atoms with van der Waals surface area (Å²) in [6, 6.07) is 3.46. The summed E-state index contributed by atoms with van der Waals surface area (Å²) in [6.07, 6.45) is 1.05. The van der Waals surface area contributed by atoms with Crippen LogP contribution in [0, 0.1) is 17.6 Å². The first-order valence-corrected chi connectivity index (χ1v) is 4.81. The molecule has 1 rings (SSSR count). The average molecular weight is 199 g/mol. The van der Waals surface area contributed by atoms with Crippen LogP contribution in [0.3, 0.4) is 0 Å². The average Bonchev–Trinajstić information content (AvgIpc) is 2.12. The van der Waals surface area contributed by atoms with Crippen LogP contribution in [0.1, 0.15) is 20.3 Å². The predicted octanol–water partition coefficient (Wildman–Crippen LogP) is 3.42. The van der Waals surface area contributed by atoms with Gasteiger partial charge in [-0.25, -0.2) is 8.78 Å². The van der Waals surface area contributed by atoms with Gasteiger partial charge in [0.1, 0.15) is 11.6 Å². The van der Waals surface area contributed by atoms with Crippen molar-refractivity contribution in [2.75, 3.05) is 11.9 Å². The SMILES string of the molecule is CC[C@H](C)CNc1cc(F)cc(F)c1. The summed E-state index contributed by atoms with van der Waals surface area (Å²) < 4.78 is 25.5. The zero-order valence-electron chi connectivity index (χ0n) is 8.48. The van der Waals surface area contributed by atoms with Gasteiger partial charge in [0.15, 0.2) is 0 Å². The Labute approximate surface area is 83.1 Å². The maximum absolute atomic E-state index is 12.8. The van der Waals surface area contributed by atoms with Crippen molar-refractivity contribution in [2.45, 2.75) is 20.3 Å². The minimum absolute atomic E-state index is 0.501. The Kier molecular flexibility index (Phi) is 3.86. The van der Waals surface area contributed by atoms with Crippen LogP contribution in [0.4, 0.5) is 14.5 Å². The Morgan fingerprint density at radius 3 is 2.29 bits per heavy atom. The van der Waals surface area contributed by atoms with E-state index in [-0.39, 0.29) is 0 Å². The molecule has 3 heteroatoms. The van der Waals surface area contributed by atoms with E-state index < -0.39 is 11.6 Å². The van der Waals surface area contributed by atoms with Crippen LogP contribution in [-0.4, -0.2) is 6.54 Å². The lowest BCUT2D eigenvalue weighted by Gasteiger charge is -2.11. The molecule has 1 aromatic carbocycles. The maximum atomic E-state index is 12.8. The molecule has 78 valence electrons. The van der Waals surface area contributed by atoms with Gasteiger partial charge in [-0.3, -0.25) is 0 Å². The number of rotatable bonds is 4. The third-order valence-corrected chi connectivity index (χ3v) is 2.21. The Bertz CT molecular complexity index is 279. The predicted molar refractivity (Wildman–Crippen MR) is 54.3 cm³/mol. The maximum Gasteiger partial charge on any atom is 0.128 e. The number of nitrogens with one attached hydrogen (secondary N) is 1. The van der Waals surface area contributed by atoms with Crippen molar-refractivity contribution >= 4 is 5.69 Å². The summed E-state index contributed by atoms with van der Waals surface area (Å²) in [7, 11) is 0. The van der Waals surface area contributed by atoms with E-state index in [2.05, 4.69) is 19.2 Å². The molecule has 1 atom stereocenters. The van der Waals surface area contributed by atoms with Crippen molar-refractivity contribution in [3.8, 4) is 0 Å². The second-order valence-corrected chi connectivity index (χ2v) is 3.55. The monoisotopic (exact) mass is 199 g/mol. The van der Waals surface area contributed by atoms with Gasteiger partial charge in [-0.05, 0) is 18.1 Å². The Balaban J connectivity index is 2.58. The van der Waals surface area contributed by atoms with Gasteiger partial charge >= 0.3 is 0 Å². The van der Waals surface area contributed by atoms with Gasteiger partial charge < -0.3 is 5.32 Å². The first-order valence-electron chi connectivity index (χ1n) is 4.81. The van der Waals surface area contributed by atoms with Crippen LogP contribution in [0.2, 0.25) is 0 Å². The molecule has 0 saturated heterocycles. The summed E-state index contributed by atoms with van der Waals surface area (Å²) in [5.74, 6) is -0.588. The van der Waals surface area contributed by atoms with Gasteiger partial charge in [-0.1, -0.05) is 20.3 Å². The van der Waals surface area contributed by atoms with Gasteiger partial charge in [-0.2, -0.15) is 0 Å². The van der Waals surface area contributed by atoms with Gasteiger partial charge in [-0.15, -0.1) is 0 Å². The molecule has 0 heterocycles. The zero-order chi connectivity index (χ0) is 10.6. The summed E-state index contributed by atoms with van der Waals surface area (Å²) in [5.41, 5.74) is 0.503. The minimum Gasteiger partial charge on any atom is -0.385 e. The quantitative estimate of drug-likeness (QED) is 0.783. The fourth-order valence-corrected chi connectivity index (χ4v) is 1.09. The smallest absolute Gasteiger partial charge is 0.128 e. The Morgan fingerprint density at radius 2 is 1.79 bits per heavy atom. The molecule has 0 radical (unpaired) electrons. The molecule has 0 unspecified atom stereocenters. The molecule has 0 aliphatic carbocycles. The summed E-state index contributed by atoms with van der Waals surface area (Å²) in [5, 5.41) is 3.00. The highest BCUT2D eigenvalue weighted by Gasteiger charge is 2.02. The fourth-order valence-electron chi connectivity index (χ4n) is 1.09. The van der Waals surface area contributed by atoms with Crippen LogP contribution < -0.4 is 5.32 Å². The Hall–Kier alpha value is -1.12. The molecule has 1 N–H and O–H groups in total. The summed E-state index contributed by atoms with van der Waals surface area (Å²) in [4.78, 5) is 0. The van der Waals surface area contributed by atoms with E-state index in [1.165, 1.54) is 12.1 Å². The third-order valence-electron chi connectivity index (χ3n) is 2.21. The first-order chi connectivity index (χ1) is 6.61. The number of hydrogen-bond donors (Lipinski definition) is 1. The molecule has 0 bridgehead atoms. The lowest BCUT2D eigenvalue weighted by Crippen LogP contribution is -2.10. The number of hydrogen-bond acceptors (Lipinski definition) is 1. The fraction of sp³-hybridized carbons (Fsp3) is 0.455. The second-order valence-electron chi connectivity index (χ2n) is 3.55. The molecule has 0 amide bonds. The number of anilines is 1. The molecule has 1 nitrogen and oxygen atoms in total. The minimum atomic E-state index is -0.545. The highest BCUT2D eigenvalue weighted by molar-refractivity contribution is 5.43. The van der Waals surface area contributed by atoms with Crippen LogP contribution in [0.15, 0.2) is 18.2 Å². The van der Waals surface area contributed by atoms with E-state index >= 15 is 0 Å². The summed E-state index contributed by atoms with van der Waals surface area (Å²) in [6.45, 7) is 4.90. The standard InChI is InChI=1S/C11H15F2N/c1-3-8(2)7-14-11-5-9(12)4-10(13)6-11/h4-6,8,14H,3,7H2,1-2H3/t8-/m0/s1. The van der Waals surface area contributed by atoms with Crippen molar-refractivity contribution in [3.63, 3.8) is 0 Å². The van der Waals surface area contributed by atoms with Crippen LogP contribution in [-0.2, 0) is 0 Å². The molecular weight excluding hydrogens is 184 g/mol. The molecule has 14 heavy (non-hydrogen) atoms. The van der Waals surface area contributed by atoms with Crippen molar-refractivity contribution in [2.24, 2.45) is 5.92 Å². The highest BCUT2D eigenvalue weighted by atomic mass is 19.1. The van der Waals surface area contributed by atoms with Crippen LogP contribution in [0.5, 0.6) is 0 Å². The van der Waals surface area contributed by atoms with Gasteiger partial charge in [0, 0.05) is 18.3 Å². The van der Waals surface area contributed by atoms with Crippen molar-refractivity contribution in [3.05, 3.63) is 29.8 Å². The van der Waals surface area contributed by atoms with E-state index in [1.807, 2.05) is 0 Å². The van der Waals surface area contributed by atoms with Crippen molar-refractivity contribution < 1.29 is 8.78 Å². The third kappa shape index (κ3) is 3.32. The van der Waals surface area contributed by atoms with Crippen LogP contribution >= 0.6 is 0 Å². The molecule has 0 fully saturated rings. The first kappa shape index (κ1) is 11.0. The molecule has 0 aliphatic heterocycles. The molecule has 0 spiro atoms. The van der Waals surface area contributed by atoms with Crippen molar-refractivity contribution in [1.82, 2.24) is 0 Å². The highest BCUT2D eigenvalue weighted by Crippen LogP contribution is 2.13. The van der Waals surface area contributed by atoms with E-state index in [1.54, 1.807) is 0 Å². The zero-order valence-corrected chi connectivity index (χ0v) is 8.48. The second kappa shape index (κ2) is 4.94. The lowest BCUT2D eigenvalue weighted by molar-refractivity contribution is 0.578. The van der Waals surface area contributed by atoms with E-state index in [9.17, 15) is 8.78 Å². The van der Waals surface area contributed by atoms with Crippen molar-refractivity contribution in [1.29, 1.82) is 0 Å². The van der Waals surface area contributed by atoms with E-state index in [0.29, 0.717) is 11.6 Å². The molecule has 0 saturated carbocycles. The number of benzene rings is 1. The Morgan fingerprint density at radius 1 is 1.21 bits per heavy atom. The largest absolute Gasteiger partial charge is 0.385 e. The summed E-state index contributed by atoms with van der Waals surface area (Å²) >= 11 is 0. The lowest BCUT2D eigenvalue weighted by atomic mass is 10.1. The van der Waals surface area contributed by atoms with Gasteiger partial charge in [0.2, 0.25) is 0 Å². The van der Waals surface area contributed by atoms with E-state index in [4.69, 9.17) is 0 Å². The normalized spacial score (nSPS) is 12.6. The van der Waals surface area contributed by atoms with Gasteiger partial charge in [0.25, 0.3) is 0 Å². The van der Waals surface area contributed by atoms with Gasteiger partial charge in [0.05, 0.1) is 0 Å². The van der Waals surface area contributed by atoms with E-state index in [0.717, 1.165) is 19.0 Å². The molecule has 0 aliphatic rings.